The molecule has 1 amide bonds. The number of ether oxygens (including phenoxy) is 1. The maximum Gasteiger partial charge on any atom is 0.422 e. The Morgan fingerprint density at radius 2 is 2.07 bits per heavy atom. The lowest BCUT2D eigenvalue weighted by molar-refractivity contribution is -0.885. The number of rotatable bonds is 5. The van der Waals surface area contributed by atoms with Crippen molar-refractivity contribution in [3.63, 3.8) is 0 Å². The third-order valence-electron chi connectivity index (χ3n) is 4.69. The van der Waals surface area contributed by atoms with Crippen molar-refractivity contribution in [3.8, 4) is 0 Å². The molecule has 2 fully saturated rings. The van der Waals surface area contributed by atoms with Crippen LogP contribution in [-0.2, 0) is 14.9 Å². The van der Waals surface area contributed by atoms with Gasteiger partial charge >= 0.3 is 16.3 Å². The second-order valence-corrected chi connectivity index (χ2v) is 10.1. The molecule has 3 rings (SSSR count). The van der Waals surface area contributed by atoms with Crippen LogP contribution in [-0.4, -0.2) is 56.1 Å². The van der Waals surface area contributed by atoms with Crippen molar-refractivity contribution in [1.82, 2.24) is 14.5 Å². The van der Waals surface area contributed by atoms with Gasteiger partial charge in [0.25, 0.3) is 0 Å². The first kappa shape index (κ1) is 19.9. The summed E-state index contributed by atoms with van der Waals surface area (Å²) in [5.74, 6) is 0. The average Bonchev–Trinajstić information content (AvgIpc) is 3.24. The monoisotopic (exact) mass is 400 g/mol. The first-order valence-electron chi connectivity index (χ1n) is 9.46. The summed E-state index contributed by atoms with van der Waals surface area (Å²) in [6, 6.07) is 0.109. The molecule has 1 aromatic heterocycles. The van der Waals surface area contributed by atoms with E-state index in [9.17, 15) is 13.2 Å². The predicted molar refractivity (Wildman–Crippen MR) is 101 cm³/mol. The lowest BCUT2D eigenvalue weighted by atomic mass is 10.1. The van der Waals surface area contributed by atoms with Gasteiger partial charge in [-0.25, -0.2) is 13.8 Å². The minimum absolute atomic E-state index is 0.240. The fraction of sp³-hybridized carbons (Fsp3) is 0.765. The van der Waals surface area contributed by atoms with E-state index >= 15 is 0 Å². The third kappa shape index (κ3) is 5.13. The largest absolute Gasteiger partial charge is 0.443 e. The van der Waals surface area contributed by atoms with Crippen LogP contribution in [0.25, 0.3) is 0 Å². The topological polar surface area (TPSA) is 98.0 Å². The molecule has 1 aliphatic carbocycles. The number of carbonyl (C=O) groups excluding carboxylic acids is 1. The number of aromatic nitrogens is 2. The van der Waals surface area contributed by atoms with Gasteiger partial charge < -0.3 is 9.64 Å². The zero-order valence-electron chi connectivity index (χ0n) is 16.4. The van der Waals surface area contributed by atoms with E-state index in [0.29, 0.717) is 18.3 Å². The molecule has 2 aliphatic rings. The number of likely N-dealkylation sites (N-methyl/N-ethyl adjacent to an activating group) is 1. The molecular formula is C17H30N5O4S+. The lowest BCUT2D eigenvalue weighted by Gasteiger charge is -2.35. The molecule has 0 spiro atoms. The minimum atomic E-state index is -4.12. The summed E-state index contributed by atoms with van der Waals surface area (Å²) in [6.45, 7) is 6.75. The summed E-state index contributed by atoms with van der Waals surface area (Å²) < 4.78 is 36.5. The highest BCUT2D eigenvalue weighted by Crippen LogP contribution is 2.35. The molecule has 1 aromatic rings. The molecule has 152 valence electrons. The van der Waals surface area contributed by atoms with Crippen LogP contribution in [0.1, 0.15) is 52.5 Å². The predicted octanol–water partition coefficient (Wildman–Crippen LogP) is 0.471. The second kappa shape index (κ2) is 7.31. The van der Waals surface area contributed by atoms with E-state index in [1.807, 2.05) is 11.7 Å². The van der Waals surface area contributed by atoms with E-state index in [0.717, 1.165) is 32.2 Å². The highest BCUT2D eigenvalue weighted by molar-refractivity contribution is 7.91. The number of quaternary nitrogens is 1. The number of likely N-dealkylation sites (tertiary alicyclic amines) is 1. The van der Waals surface area contributed by atoms with Crippen molar-refractivity contribution in [3.05, 3.63) is 12.4 Å². The van der Waals surface area contributed by atoms with Crippen LogP contribution < -0.4 is 13.9 Å². The van der Waals surface area contributed by atoms with Crippen LogP contribution >= 0.6 is 0 Å². The Hall–Kier alpha value is -1.81. The van der Waals surface area contributed by atoms with E-state index in [2.05, 4.69) is 9.82 Å². The molecule has 2 heterocycles. The highest BCUT2D eigenvalue weighted by Gasteiger charge is 2.38. The first-order chi connectivity index (χ1) is 12.5. The van der Waals surface area contributed by atoms with Gasteiger partial charge in [-0.05, 0) is 46.5 Å². The smallest absolute Gasteiger partial charge is 0.422 e. The van der Waals surface area contributed by atoms with Crippen molar-refractivity contribution in [2.24, 2.45) is 0 Å². The summed E-state index contributed by atoms with van der Waals surface area (Å²) in [5.41, 5.74) is -0.297. The van der Waals surface area contributed by atoms with Crippen molar-refractivity contribution in [2.75, 3.05) is 24.4 Å². The molecule has 2 N–H and O–H groups in total. The number of anilines is 1. The van der Waals surface area contributed by atoms with Gasteiger partial charge in [0.1, 0.15) is 5.60 Å². The molecule has 27 heavy (non-hydrogen) atoms. The van der Waals surface area contributed by atoms with Gasteiger partial charge in [-0.1, -0.05) is 0 Å². The molecule has 9 nitrogen and oxygen atoms in total. The number of nitrogens with one attached hydrogen (secondary N) is 2. The average molecular weight is 401 g/mol. The van der Waals surface area contributed by atoms with E-state index in [4.69, 9.17) is 4.74 Å². The summed E-state index contributed by atoms with van der Waals surface area (Å²) >= 11 is 0. The van der Waals surface area contributed by atoms with Gasteiger partial charge in [0, 0.05) is 6.20 Å². The van der Waals surface area contributed by atoms with Gasteiger partial charge in [0.05, 0.1) is 44.1 Å². The molecule has 1 aliphatic heterocycles. The molecule has 0 aromatic carbocycles. The number of amides is 1. The molecule has 2 unspecified atom stereocenters. The van der Waals surface area contributed by atoms with Gasteiger partial charge in [0.2, 0.25) is 0 Å². The summed E-state index contributed by atoms with van der Waals surface area (Å²) in [5, 5.41) is 4.32. The SMILES string of the molecule is C[NH+]1CCCC(N(c2cnn(C3CC3)c2)S(=O)(=O)NC(=O)OC(C)(C)C)C1. The Morgan fingerprint density at radius 3 is 2.67 bits per heavy atom. The number of hydrogen-bond donors (Lipinski definition) is 2. The summed E-state index contributed by atoms with van der Waals surface area (Å²) in [7, 11) is -2.07. The van der Waals surface area contributed by atoms with E-state index in [1.165, 1.54) is 9.21 Å². The Bertz CT molecular complexity index is 781. The number of nitrogens with zero attached hydrogens (tertiary/aromatic N) is 3. The van der Waals surface area contributed by atoms with Crippen LogP contribution in [0, 0.1) is 0 Å². The van der Waals surface area contributed by atoms with Gasteiger partial charge in [-0.3, -0.25) is 4.68 Å². The zero-order chi connectivity index (χ0) is 19.8. The third-order valence-corrected chi connectivity index (χ3v) is 6.14. The minimum Gasteiger partial charge on any atom is -0.443 e. The van der Waals surface area contributed by atoms with E-state index in [1.54, 1.807) is 33.2 Å². The Morgan fingerprint density at radius 1 is 1.37 bits per heavy atom. The molecule has 1 saturated carbocycles. The maximum atomic E-state index is 13.1. The molecular weight excluding hydrogens is 370 g/mol. The number of piperidine rings is 1. The van der Waals surface area contributed by atoms with Crippen LogP contribution in [0.15, 0.2) is 12.4 Å². The standard InChI is InChI=1S/C17H29N5O4S/c1-17(2,3)26-16(23)19-27(24,25)22(14-6-5-9-20(4)11-14)15-10-18-21(12-15)13-7-8-13/h10,12-14H,5-9,11H2,1-4H3,(H,19,23)/p+1. The van der Waals surface area contributed by atoms with Crippen molar-refractivity contribution < 1.29 is 22.8 Å². The zero-order valence-corrected chi connectivity index (χ0v) is 17.3. The molecule has 10 heteroatoms. The van der Waals surface area contributed by atoms with Gasteiger partial charge in [0.15, 0.2) is 0 Å². The maximum absolute atomic E-state index is 13.1. The Balaban J connectivity index is 1.86. The quantitative estimate of drug-likeness (QED) is 0.749. The lowest BCUT2D eigenvalue weighted by Crippen LogP contribution is -3.11. The van der Waals surface area contributed by atoms with Gasteiger partial charge in [-0.2, -0.15) is 13.5 Å². The van der Waals surface area contributed by atoms with Crippen LogP contribution in [0.3, 0.4) is 0 Å². The fourth-order valence-corrected chi connectivity index (χ4v) is 4.72. The molecule has 0 bridgehead atoms. The van der Waals surface area contributed by atoms with Gasteiger partial charge in [-0.15, -0.1) is 0 Å². The Kier molecular flexibility index (Phi) is 5.40. The normalized spacial score (nSPS) is 23.7. The Labute approximate surface area is 160 Å². The number of hydrogen-bond acceptors (Lipinski definition) is 5. The van der Waals surface area contributed by atoms with Crippen LogP contribution in [0.4, 0.5) is 10.5 Å². The van der Waals surface area contributed by atoms with Crippen LogP contribution in [0.2, 0.25) is 0 Å². The second-order valence-electron chi connectivity index (χ2n) is 8.52. The fourth-order valence-electron chi connectivity index (χ4n) is 3.43. The van der Waals surface area contributed by atoms with Crippen molar-refractivity contribution in [1.29, 1.82) is 0 Å². The van der Waals surface area contributed by atoms with Crippen molar-refractivity contribution in [2.45, 2.75) is 64.1 Å². The van der Waals surface area contributed by atoms with E-state index in [-0.39, 0.29) is 6.04 Å². The molecule has 0 radical (unpaired) electrons. The molecule has 2 atom stereocenters. The summed E-state index contributed by atoms with van der Waals surface area (Å²) in [4.78, 5) is 13.4. The van der Waals surface area contributed by atoms with Crippen LogP contribution in [0.5, 0.6) is 0 Å². The van der Waals surface area contributed by atoms with E-state index < -0.39 is 21.9 Å². The summed E-state index contributed by atoms with van der Waals surface area (Å²) in [6.07, 6.45) is 6.12. The number of carbonyl (C=O) groups is 1. The highest BCUT2D eigenvalue weighted by atomic mass is 32.2. The van der Waals surface area contributed by atoms with Crippen molar-refractivity contribution >= 4 is 22.0 Å². The molecule has 1 saturated heterocycles. The first-order valence-corrected chi connectivity index (χ1v) is 10.9.